The molecule has 2 fully saturated rings. The van der Waals surface area contributed by atoms with Gasteiger partial charge in [-0.25, -0.2) is 22.5 Å². The van der Waals surface area contributed by atoms with Gasteiger partial charge in [0.15, 0.2) is 0 Å². The molecular weight excluding hydrogens is 435 g/mol. The van der Waals surface area contributed by atoms with E-state index in [1.165, 1.54) is 27.4 Å². The van der Waals surface area contributed by atoms with E-state index in [1.54, 1.807) is 0 Å². The summed E-state index contributed by atoms with van der Waals surface area (Å²) >= 11 is 0. The zero-order chi connectivity index (χ0) is 22.7. The molecular formula is C22H25FN4O4S. The van der Waals surface area contributed by atoms with Crippen LogP contribution in [0.2, 0.25) is 0 Å². The summed E-state index contributed by atoms with van der Waals surface area (Å²) in [4.78, 5) is 28.0. The number of aryl methyl sites for hydroxylation is 1. The summed E-state index contributed by atoms with van der Waals surface area (Å²) in [6.45, 7) is 1.22. The number of hydrogen-bond acceptors (Lipinski definition) is 5. The average Bonchev–Trinajstić information content (AvgIpc) is 3.06. The fourth-order valence-electron chi connectivity index (χ4n) is 3.95. The van der Waals surface area contributed by atoms with Crippen LogP contribution in [0.15, 0.2) is 59.5 Å². The number of carbonyl (C=O) groups excluding carboxylic acids is 2. The lowest BCUT2D eigenvalue weighted by Gasteiger charge is -2.35. The van der Waals surface area contributed by atoms with Gasteiger partial charge < -0.3 is 5.32 Å². The topological polar surface area (TPSA) is 90.0 Å². The van der Waals surface area contributed by atoms with Gasteiger partial charge in [0.2, 0.25) is 10.0 Å². The minimum atomic E-state index is -3.79. The number of benzene rings is 2. The molecule has 1 atom stereocenters. The molecule has 1 N–H and O–H groups in total. The molecule has 2 saturated heterocycles. The highest BCUT2D eigenvalue weighted by molar-refractivity contribution is 7.89. The summed E-state index contributed by atoms with van der Waals surface area (Å²) in [5.74, 6) is -0.870. The average molecular weight is 461 g/mol. The van der Waals surface area contributed by atoms with E-state index >= 15 is 0 Å². The number of imide groups is 1. The van der Waals surface area contributed by atoms with Gasteiger partial charge in [0.1, 0.15) is 11.9 Å². The van der Waals surface area contributed by atoms with Crippen molar-refractivity contribution in [2.24, 2.45) is 0 Å². The lowest BCUT2D eigenvalue weighted by atomic mass is 10.1. The van der Waals surface area contributed by atoms with Gasteiger partial charge in [0.25, 0.3) is 5.91 Å². The molecule has 2 aromatic rings. The van der Waals surface area contributed by atoms with Crippen molar-refractivity contribution < 1.29 is 22.4 Å². The van der Waals surface area contributed by atoms with Crippen LogP contribution in [-0.2, 0) is 21.2 Å². The summed E-state index contributed by atoms with van der Waals surface area (Å²) in [5, 5.41) is 2.74. The Balaban J connectivity index is 1.31. The number of urea groups is 1. The predicted octanol–water partition coefficient (Wildman–Crippen LogP) is 1.64. The number of nitrogens with one attached hydrogen (secondary N) is 1. The number of nitrogens with zero attached hydrogens (tertiary/aromatic N) is 3. The lowest BCUT2D eigenvalue weighted by Crippen LogP contribution is -2.52. The van der Waals surface area contributed by atoms with Crippen molar-refractivity contribution in [3.8, 4) is 0 Å². The standard InChI is InChI=1S/C22H25FN4O4S/c23-18-7-4-8-19(15-18)32(30,31)26-13-11-25(12-14-26)16-27-21(28)20(24-22(27)29)10-9-17-5-2-1-3-6-17/h1-8,15,20H,9-14,16H2,(H,24,29). The van der Waals surface area contributed by atoms with Crippen molar-refractivity contribution in [3.63, 3.8) is 0 Å². The zero-order valence-corrected chi connectivity index (χ0v) is 18.3. The molecule has 4 rings (SSSR count). The van der Waals surface area contributed by atoms with Crippen LogP contribution in [0.3, 0.4) is 0 Å². The Bertz CT molecular complexity index is 1090. The summed E-state index contributed by atoms with van der Waals surface area (Å²) in [6, 6.07) is 13.7. The first-order valence-electron chi connectivity index (χ1n) is 10.5. The first-order valence-corrected chi connectivity index (χ1v) is 11.9. The maximum atomic E-state index is 13.4. The fourth-order valence-corrected chi connectivity index (χ4v) is 5.40. The van der Waals surface area contributed by atoms with E-state index in [0.717, 1.165) is 11.6 Å². The number of rotatable bonds is 7. The molecule has 170 valence electrons. The molecule has 2 aromatic carbocycles. The van der Waals surface area contributed by atoms with Gasteiger partial charge in [-0.1, -0.05) is 36.4 Å². The van der Waals surface area contributed by atoms with E-state index in [0.29, 0.717) is 25.9 Å². The van der Waals surface area contributed by atoms with E-state index in [2.05, 4.69) is 5.32 Å². The van der Waals surface area contributed by atoms with Crippen molar-refractivity contribution in [1.29, 1.82) is 0 Å². The minimum Gasteiger partial charge on any atom is -0.326 e. The Kier molecular flexibility index (Phi) is 6.54. The van der Waals surface area contributed by atoms with Gasteiger partial charge in [-0.15, -0.1) is 0 Å². The Labute approximate surface area is 186 Å². The summed E-state index contributed by atoms with van der Waals surface area (Å²) < 4.78 is 40.2. The van der Waals surface area contributed by atoms with E-state index in [1.807, 2.05) is 35.2 Å². The molecule has 0 aromatic heterocycles. The first-order chi connectivity index (χ1) is 15.3. The monoisotopic (exact) mass is 460 g/mol. The number of sulfonamides is 1. The smallest absolute Gasteiger partial charge is 0.325 e. The molecule has 2 aliphatic heterocycles. The van der Waals surface area contributed by atoms with Crippen LogP contribution in [0, 0.1) is 5.82 Å². The third kappa shape index (κ3) is 4.82. The number of hydrogen-bond donors (Lipinski definition) is 1. The van der Waals surface area contributed by atoms with Crippen LogP contribution in [-0.4, -0.2) is 73.4 Å². The second kappa shape index (κ2) is 9.35. The first kappa shape index (κ1) is 22.4. The van der Waals surface area contributed by atoms with Crippen LogP contribution in [0.1, 0.15) is 12.0 Å². The maximum Gasteiger partial charge on any atom is 0.325 e. The molecule has 3 amide bonds. The molecule has 0 saturated carbocycles. The Morgan fingerprint density at radius 2 is 1.69 bits per heavy atom. The van der Waals surface area contributed by atoms with Gasteiger partial charge in [0, 0.05) is 26.2 Å². The van der Waals surface area contributed by atoms with E-state index in [9.17, 15) is 22.4 Å². The Morgan fingerprint density at radius 3 is 2.38 bits per heavy atom. The van der Waals surface area contributed by atoms with Gasteiger partial charge in [-0.3, -0.25) is 9.69 Å². The quantitative estimate of drug-likeness (QED) is 0.635. The van der Waals surface area contributed by atoms with Crippen LogP contribution in [0.5, 0.6) is 0 Å². The second-order valence-corrected chi connectivity index (χ2v) is 9.85. The fraction of sp³-hybridized carbons (Fsp3) is 0.364. The molecule has 10 heteroatoms. The van der Waals surface area contributed by atoms with Crippen molar-refractivity contribution in [2.75, 3.05) is 32.8 Å². The van der Waals surface area contributed by atoms with E-state index < -0.39 is 27.9 Å². The van der Waals surface area contributed by atoms with Gasteiger partial charge in [-0.2, -0.15) is 4.31 Å². The van der Waals surface area contributed by atoms with Crippen LogP contribution in [0.4, 0.5) is 9.18 Å². The van der Waals surface area contributed by atoms with Crippen LogP contribution < -0.4 is 5.32 Å². The molecule has 32 heavy (non-hydrogen) atoms. The molecule has 0 spiro atoms. The van der Waals surface area contributed by atoms with E-state index in [4.69, 9.17) is 0 Å². The second-order valence-electron chi connectivity index (χ2n) is 7.91. The van der Waals surface area contributed by atoms with Crippen molar-refractivity contribution in [1.82, 2.24) is 19.4 Å². The molecule has 0 bridgehead atoms. The van der Waals surface area contributed by atoms with Crippen molar-refractivity contribution in [3.05, 3.63) is 66.0 Å². The molecule has 1 unspecified atom stereocenters. The lowest BCUT2D eigenvalue weighted by molar-refractivity contribution is -0.129. The third-order valence-corrected chi connectivity index (χ3v) is 7.67. The summed E-state index contributed by atoms with van der Waals surface area (Å²) in [5.41, 5.74) is 1.10. The molecule has 8 nitrogen and oxygen atoms in total. The molecule has 2 aliphatic rings. The highest BCUT2D eigenvalue weighted by Crippen LogP contribution is 2.19. The van der Waals surface area contributed by atoms with E-state index in [-0.39, 0.29) is 30.6 Å². The van der Waals surface area contributed by atoms with Gasteiger partial charge in [-0.05, 0) is 36.6 Å². The normalized spacial score (nSPS) is 20.5. The zero-order valence-electron chi connectivity index (χ0n) is 17.5. The largest absolute Gasteiger partial charge is 0.326 e. The predicted molar refractivity (Wildman–Crippen MR) is 116 cm³/mol. The van der Waals surface area contributed by atoms with Crippen molar-refractivity contribution in [2.45, 2.75) is 23.8 Å². The Morgan fingerprint density at radius 1 is 0.969 bits per heavy atom. The highest BCUT2D eigenvalue weighted by atomic mass is 32.2. The van der Waals surface area contributed by atoms with Crippen LogP contribution in [0.25, 0.3) is 0 Å². The SMILES string of the molecule is O=C1NC(CCc2ccccc2)C(=O)N1CN1CCN(S(=O)(=O)c2cccc(F)c2)CC1. The third-order valence-electron chi connectivity index (χ3n) is 5.78. The van der Waals surface area contributed by atoms with Gasteiger partial charge >= 0.3 is 6.03 Å². The van der Waals surface area contributed by atoms with Crippen molar-refractivity contribution >= 4 is 22.0 Å². The number of halogens is 1. The highest BCUT2D eigenvalue weighted by Gasteiger charge is 2.39. The van der Waals surface area contributed by atoms with Crippen LogP contribution >= 0.6 is 0 Å². The number of carbonyl (C=O) groups is 2. The van der Waals surface area contributed by atoms with Gasteiger partial charge in [0.05, 0.1) is 11.6 Å². The minimum absolute atomic E-state index is 0.0821. The molecule has 0 radical (unpaired) electrons. The Hall–Kier alpha value is -2.82. The summed E-state index contributed by atoms with van der Waals surface area (Å²) in [6.07, 6.45) is 1.20. The number of amides is 3. The molecule has 2 heterocycles. The number of piperazine rings is 1. The maximum absolute atomic E-state index is 13.4. The molecule has 0 aliphatic carbocycles. The summed E-state index contributed by atoms with van der Waals surface area (Å²) in [7, 11) is -3.79.